The van der Waals surface area contributed by atoms with Crippen LogP contribution >= 0.6 is 11.3 Å². The van der Waals surface area contributed by atoms with Gasteiger partial charge in [0.15, 0.2) is 0 Å². The molecule has 21 heavy (non-hydrogen) atoms. The maximum absolute atomic E-state index is 10.8. The zero-order chi connectivity index (χ0) is 14.8. The minimum atomic E-state index is -0.365. The molecule has 3 rings (SSSR count). The van der Waals surface area contributed by atoms with E-state index in [0.29, 0.717) is 0 Å². The van der Waals surface area contributed by atoms with Crippen LogP contribution in [0.15, 0.2) is 48.2 Å². The Morgan fingerprint density at radius 2 is 2.05 bits per heavy atom. The van der Waals surface area contributed by atoms with Gasteiger partial charge in [0.1, 0.15) is 0 Å². The topological polar surface area (TPSA) is 68.9 Å². The average Bonchev–Trinajstić information content (AvgIpc) is 2.98. The van der Waals surface area contributed by atoms with Crippen molar-refractivity contribution in [2.45, 2.75) is 6.92 Å². The van der Waals surface area contributed by atoms with Crippen LogP contribution in [0.2, 0.25) is 0 Å². The highest BCUT2D eigenvalue weighted by Gasteiger charge is 2.14. The van der Waals surface area contributed by atoms with Crippen LogP contribution in [0.25, 0.3) is 22.4 Å². The molecule has 0 fully saturated rings. The van der Waals surface area contributed by atoms with E-state index in [-0.39, 0.29) is 9.92 Å². The third-order valence-corrected chi connectivity index (χ3v) is 4.13. The molecule has 0 amide bonds. The van der Waals surface area contributed by atoms with Gasteiger partial charge in [-0.2, -0.15) is 0 Å². The molecule has 2 heterocycles. The van der Waals surface area contributed by atoms with Gasteiger partial charge in [-0.3, -0.25) is 20.1 Å². The van der Waals surface area contributed by atoms with E-state index in [4.69, 9.17) is 0 Å². The lowest BCUT2D eigenvalue weighted by Gasteiger charge is -2.09. The normalized spacial score (nSPS) is 10.5. The number of benzene rings is 1. The third kappa shape index (κ3) is 2.53. The summed E-state index contributed by atoms with van der Waals surface area (Å²) in [6.07, 6.45) is 4.99. The van der Waals surface area contributed by atoms with Crippen LogP contribution in [0.1, 0.15) is 5.56 Å². The second kappa shape index (κ2) is 5.41. The smallest absolute Gasteiger partial charge is 0.261 e. The van der Waals surface area contributed by atoms with Gasteiger partial charge < -0.3 is 0 Å². The molecule has 0 unspecified atom stereocenters. The van der Waals surface area contributed by atoms with Crippen LogP contribution in [0.5, 0.6) is 0 Å². The first-order chi connectivity index (χ1) is 10.2. The van der Waals surface area contributed by atoms with Crippen LogP contribution < -0.4 is 0 Å². The molecule has 1 aromatic carbocycles. The summed E-state index contributed by atoms with van der Waals surface area (Å²) in [7, 11) is 0. The molecular weight excluding hydrogens is 286 g/mol. The van der Waals surface area contributed by atoms with Gasteiger partial charge in [-0.1, -0.05) is 29.5 Å². The van der Waals surface area contributed by atoms with Gasteiger partial charge in [-0.15, -0.1) is 0 Å². The first-order valence-corrected chi connectivity index (χ1v) is 7.14. The first kappa shape index (κ1) is 13.4. The predicted octanol–water partition coefficient (Wildman–Crippen LogP) is 4.09. The van der Waals surface area contributed by atoms with Crippen LogP contribution in [-0.2, 0) is 0 Å². The van der Waals surface area contributed by atoms with Crippen molar-refractivity contribution in [3.63, 3.8) is 0 Å². The molecule has 0 aliphatic heterocycles. The van der Waals surface area contributed by atoms with Crippen molar-refractivity contribution in [1.29, 1.82) is 0 Å². The monoisotopic (exact) mass is 297 g/mol. The Morgan fingerprint density at radius 3 is 2.71 bits per heavy atom. The third-order valence-electron chi connectivity index (χ3n) is 3.25. The number of aromatic nitrogens is 2. The Balaban J connectivity index is 2.10. The fraction of sp³-hybridized carbons (Fsp3) is 0.0667. The highest BCUT2D eigenvalue weighted by molar-refractivity contribution is 7.13. The molecule has 0 bridgehead atoms. The molecule has 0 saturated heterocycles. The Hall–Kier alpha value is -2.60. The second-order valence-corrected chi connectivity index (χ2v) is 5.39. The van der Waals surface area contributed by atoms with Crippen molar-refractivity contribution in [2.24, 2.45) is 0 Å². The quantitative estimate of drug-likeness (QED) is 0.539. The maximum atomic E-state index is 10.8. The number of nitro groups is 1. The fourth-order valence-electron chi connectivity index (χ4n) is 2.23. The molecule has 0 aliphatic rings. The van der Waals surface area contributed by atoms with E-state index in [9.17, 15) is 10.1 Å². The molecule has 6 heteroatoms. The molecule has 0 saturated carbocycles. The van der Waals surface area contributed by atoms with Crippen LogP contribution in [0, 0.1) is 17.0 Å². The van der Waals surface area contributed by atoms with Gasteiger partial charge in [-0.05, 0) is 23.6 Å². The van der Waals surface area contributed by atoms with Gasteiger partial charge in [0.05, 0.1) is 16.8 Å². The van der Waals surface area contributed by atoms with Crippen molar-refractivity contribution in [3.05, 3.63) is 63.9 Å². The molecule has 0 radical (unpaired) electrons. The molecule has 0 spiro atoms. The van der Waals surface area contributed by atoms with Gasteiger partial charge in [0.2, 0.25) is 0 Å². The highest BCUT2D eigenvalue weighted by Crippen LogP contribution is 2.35. The number of thiophene rings is 1. The van der Waals surface area contributed by atoms with E-state index in [0.717, 1.165) is 39.3 Å². The number of nitrogens with zero attached hydrogens (tertiary/aromatic N) is 3. The molecule has 0 aliphatic carbocycles. The van der Waals surface area contributed by atoms with E-state index >= 15 is 0 Å². The summed E-state index contributed by atoms with van der Waals surface area (Å²) >= 11 is 1.14. The van der Waals surface area contributed by atoms with Crippen LogP contribution in [-0.4, -0.2) is 14.9 Å². The van der Waals surface area contributed by atoms with E-state index in [1.165, 1.54) is 0 Å². The van der Waals surface area contributed by atoms with Gasteiger partial charge in [-0.25, -0.2) is 0 Å². The molecular formula is C15H11N3O2S. The highest BCUT2D eigenvalue weighted by atomic mass is 32.1. The number of rotatable bonds is 3. The fourth-order valence-corrected chi connectivity index (χ4v) is 2.95. The average molecular weight is 297 g/mol. The van der Waals surface area contributed by atoms with Gasteiger partial charge >= 0.3 is 5.00 Å². The van der Waals surface area contributed by atoms with Crippen molar-refractivity contribution in [3.8, 4) is 22.4 Å². The lowest BCUT2D eigenvalue weighted by molar-refractivity contribution is -0.380. The van der Waals surface area contributed by atoms with Crippen LogP contribution in [0.3, 0.4) is 0 Å². The van der Waals surface area contributed by atoms with E-state index < -0.39 is 0 Å². The van der Waals surface area contributed by atoms with E-state index in [2.05, 4.69) is 9.97 Å². The zero-order valence-corrected chi connectivity index (χ0v) is 12.0. The summed E-state index contributed by atoms with van der Waals surface area (Å²) in [6, 6.07) is 7.47. The molecule has 5 nitrogen and oxygen atoms in total. The van der Waals surface area contributed by atoms with Crippen molar-refractivity contribution in [1.82, 2.24) is 9.97 Å². The Kier molecular flexibility index (Phi) is 3.45. The maximum Gasteiger partial charge on any atom is 0.324 e. The Morgan fingerprint density at radius 1 is 1.24 bits per heavy atom. The Bertz CT molecular complexity index is 800. The summed E-state index contributed by atoms with van der Waals surface area (Å²) in [5.41, 5.74) is 4.64. The first-order valence-electron chi connectivity index (χ1n) is 6.26. The largest absolute Gasteiger partial charge is 0.324 e. The van der Waals surface area contributed by atoms with Crippen molar-refractivity contribution >= 4 is 16.3 Å². The lowest BCUT2D eigenvalue weighted by atomic mass is 9.97. The van der Waals surface area contributed by atoms with Gasteiger partial charge in [0.25, 0.3) is 0 Å². The molecule has 0 atom stereocenters. The Labute approximate surface area is 125 Å². The van der Waals surface area contributed by atoms with E-state index in [1.54, 1.807) is 30.0 Å². The number of hydrogen-bond acceptors (Lipinski definition) is 5. The van der Waals surface area contributed by atoms with Crippen molar-refractivity contribution in [2.75, 3.05) is 0 Å². The molecule has 0 N–H and O–H groups in total. The summed E-state index contributed by atoms with van der Waals surface area (Å²) in [4.78, 5) is 18.8. The summed E-state index contributed by atoms with van der Waals surface area (Å²) in [5.74, 6) is 0. The molecule has 2 aromatic heterocycles. The van der Waals surface area contributed by atoms with Gasteiger partial charge in [0, 0.05) is 29.4 Å². The standard InChI is InChI=1S/C15H11N3O2S/c1-10-12(11-7-15(18(19)20)21-9-11)3-2-4-13(10)14-8-16-5-6-17-14/h2-9H,1H3. The van der Waals surface area contributed by atoms with E-state index in [1.807, 2.05) is 25.1 Å². The zero-order valence-electron chi connectivity index (χ0n) is 11.2. The van der Waals surface area contributed by atoms with Crippen LogP contribution in [0.4, 0.5) is 5.00 Å². The SMILES string of the molecule is Cc1c(-c2csc([N+](=O)[O-])c2)cccc1-c1cnccn1. The summed E-state index contributed by atoms with van der Waals surface area (Å²) in [6.45, 7) is 1.99. The lowest BCUT2D eigenvalue weighted by Crippen LogP contribution is -1.90. The minimum Gasteiger partial charge on any atom is -0.261 e. The molecule has 104 valence electrons. The summed E-state index contributed by atoms with van der Waals surface area (Å²) in [5, 5.41) is 12.8. The molecule has 3 aromatic rings. The predicted molar refractivity (Wildman–Crippen MR) is 82.2 cm³/mol. The van der Waals surface area contributed by atoms with Crippen molar-refractivity contribution < 1.29 is 4.92 Å². The minimum absolute atomic E-state index is 0.148. The number of hydrogen-bond donors (Lipinski definition) is 0. The summed E-state index contributed by atoms with van der Waals surface area (Å²) < 4.78 is 0. The second-order valence-electron chi connectivity index (χ2n) is 4.50.